The van der Waals surface area contributed by atoms with Crippen molar-refractivity contribution in [2.24, 2.45) is 5.92 Å². The summed E-state index contributed by atoms with van der Waals surface area (Å²) in [4.78, 5) is 0. The van der Waals surface area contributed by atoms with Crippen LogP contribution >= 0.6 is 0 Å². The second-order valence-electron chi connectivity index (χ2n) is 4.99. The van der Waals surface area contributed by atoms with E-state index < -0.39 is 0 Å². The number of hydrogen-bond donors (Lipinski definition) is 3. The van der Waals surface area contributed by atoms with Gasteiger partial charge in [-0.1, -0.05) is 24.6 Å². The van der Waals surface area contributed by atoms with Gasteiger partial charge in [-0.15, -0.1) is 0 Å². The minimum atomic E-state index is 0.325. The zero-order valence-electron chi connectivity index (χ0n) is 10.2. The highest BCUT2D eigenvalue weighted by Gasteiger charge is 2.20. The number of aliphatic hydroxyl groups excluding tert-OH is 1. The molecule has 1 aliphatic carbocycles. The van der Waals surface area contributed by atoms with Crippen LogP contribution in [-0.4, -0.2) is 17.8 Å². The Hall–Kier alpha value is -1.06. The molecule has 0 amide bonds. The maximum absolute atomic E-state index is 9.19. The third kappa shape index (κ3) is 3.45. The predicted octanol–water partition coefficient (Wildman–Crippen LogP) is 1.91. The van der Waals surface area contributed by atoms with Gasteiger partial charge in [0, 0.05) is 24.9 Å². The van der Waals surface area contributed by atoms with Gasteiger partial charge in [-0.2, -0.15) is 0 Å². The zero-order chi connectivity index (χ0) is 12.1. The fourth-order valence-corrected chi connectivity index (χ4v) is 2.59. The highest BCUT2D eigenvalue weighted by molar-refractivity contribution is 5.46. The molecule has 0 aliphatic heterocycles. The van der Waals surface area contributed by atoms with Crippen LogP contribution in [0.3, 0.4) is 0 Å². The van der Waals surface area contributed by atoms with Crippen molar-refractivity contribution in [1.29, 1.82) is 0 Å². The topological polar surface area (TPSA) is 58.3 Å². The van der Waals surface area contributed by atoms with Crippen LogP contribution < -0.4 is 11.1 Å². The lowest BCUT2D eigenvalue weighted by Crippen LogP contribution is -2.34. The molecule has 0 aromatic heterocycles. The first-order valence-corrected chi connectivity index (χ1v) is 6.47. The van der Waals surface area contributed by atoms with Crippen molar-refractivity contribution in [2.75, 3.05) is 12.3 Å². The first-order valence-electron chi connectivity index (χ1n) is 6.47. The second-order valence-corrected chi connectivity index (χ2v) is 4.99. The lowest BCUT2D eigenvalue weighted by Gasteiger charge is -2.28. The Balaban J connectivity index is 1.84. The zero-order valence-corrected chi connectivity index (χ0v) is 10.2. The van der Waals surface area contributed by atoms with E-state index in [2.05, 4.69) is 11.4 Å². The van der Waals surface area contributed by atoms with Crippen molar-refractivity contribution >= 4 is 5.69 Å². The first-order chi connectivity index (χ1) is 8.29. The molecular weight excluding hydrogens is 212 g/mol. The van der Waals surface area contributed by atoms with Gasteiger partial charge in [-0.05, 0) is 36.8 Å². The summed E-state index contributed by atoms with van der Waals surface area (Å²) >= 11 is 0. The molecule has 1 aromatic carbocycles. The number of benzene rings is 1. The summed E-state index contributed by atoms with van der Waals surface area (Å²) in [6.07, 6.45) is 4.68. The van der Waals surface area contributed by atoms with E-state index in [9.17, 15) is 5.11 Å². The molecule has 3 nitrogen and oxygen atoms in total. The van der Waals surface area contributed by atoms with E-state index in [0.717, 1.165) is 18.7 Å². The molecule has 2 unspecified atom stereocenters. The highest BCUT2D eigenvalue weighted by Crippen LogP contribution is 2.24. The van der Waals surface area contributed by atoms with Crippen LogP contribution in [-0.2, 0) is 6.54 Å². The molecule has 0 radical (unpaired) electrons. The van der Waals surface area contributed by atoms with Gasteiger partial charge in [0.15, 0.2) is 0 Å². The quantitative estimate of drug-likeness (QED) is 0.697. The van der Waals surface area contributed by atoms with E-state index >= 15 is 0 Å². The molecule has 0 spiro atoms. The lowest BCUT2D eigenvalue weighted by molar-refractivity contribution is 0.170. The van der Waals surface area contributed by atoms with Crippen molar-refractivity contribution in [2.45, 2.75) is 38.3 Å². The molecule has 4 N–H and O–H groups in total. The molecule has 1 aliphatic rings. The number of aliphatic hydroxyl groups is 1. The van der Waals surface area contributed by atoms with Gasteiger partial charge in [0.25, 0.3) is 0 Å². The molecule has 0 heterocycles. The fraction of sp³-hybridized carbons (Fsp3) is 0.571. The van der Waals surface area contributed by atoms with E-state index in [0.29, 0.717) is 18.6 Å². The van der Waals surface area contributed by atoms with Gasteiger partial charge >= 0.3 is 0 Å². The van der Waals surface area contributed by atoms with Gasteiger partial charge in [-0.3, -0.25) is 0 Å². The van der Waals surface area contributed by atoms with Gasteiger partial charge in [0.05, 0.1) is 0 Å². The average Bonchev–Trinajstić information content (AvgIpc) is 2.38. The van der Waals surface area contributed by atoms with Crippen molar-refractivity contribution in [3.63, 3.8) is 0 Å². The molecule has 0 saturated heterocycles. The minimum absolute atomic E-state index is 0.325. The van der Waals surface area contributed by atoms with Crippen LogP contribution in [0.4, 0.5) is 5.69 Å². The fourth-order valence-electron chi connectivity index (χ4n) is 2.59. The molecule has 2 atom stereocenters. The largest absolute Gasteiger partial charge is 0.398 e. The standard InChI is InChI=1S/C14H22N2O/c15-14-7-2-1-5-12(14)9-16-13-6-3-4-11(8-13)10-17/h1-2,5,7,11,13,16-17H,3-4,6,8-10,15H2. The third-order valence-corrected chi connectivity index (χ3v) is 3.68. The number of nitrogens with one attached hydrogen (secondary N) is 1. The third-order valence-electron chi connectivity index (χ3n) is 3.68. The average molecular weight is 234 g/mol. The van der Waals surface area contributed by atoms with Crippen molar-refractivity contribution in [3.05, 3.63) is 29.8 Å². The van der Waals surface area contributed by atoms with Crippen LogP contribution in [0.1, 0.15) is 31.2 Å². The van der Waals surface area contributed by atoms with Crippen LogP contribution in [0.2, 0.25) is 0 Å². The van der Waals surface area contributed by atoms with Crippen LogP contribution in [0, 0.1) is 5.92 Å². The summed E-state index contributed by atoms with van der Waals surface area (Å²) in [7, 11) is 0. The van der Waals surface area contributed by atoms with Gasteiger partial charge in [-0.25, -0.2) is 0 Å². The SMILES string of the molecule is Nc1ccccc1CNC1CCCC(CO)C1. The maximum Gasteiger partial charge on any atom is 0.0459 e. The van der Waals surface area contributed by atoms with Gasteiger partial charge in [0.2, 0.25) is 0 Å². The summed E-state index contributed by atoms with van der Waals surface area (Å²) < 4.78 is 0. The number of nitrogens with two attached hydrogens (primary N) is 1. The van der Waals surface area contributed by atoms with Crippen molar-refractivity contribution in [3.8, 4) is 0 Å². The summed E-state index contributed by atoms with van der Waals surface area (Å²) in [5.74, 6) is 0.481. The van der Waals surface area contributed by atoms with Gasteiger partial charge in [0.1, 0.15) is 0 Å². The van der Waals surface area contributed by atoms with E-state index in [1.807, 2.05) is 18.2 Å². The van der Waals surface area contributed by atoms with Crippen molar-refractivity contribution < 1.29 is 5.11 Å². The van der Waals surface area contributed by atoms with E-state index in [1.54, 1.807) is 0 Å². The molecule has 1 saturated carbocycles. The summed E-state index contributed by atoms with van der Waals surface area (Å²) in [6, 6.07) is 8.51. The minimum Gasteiger partial charge on any atom is -0.398 e. The Kier molecular flexibility index (Phi) is 4.40. The maximum atomic E-state index is 9.19. The monoisotopic (exact) mass is 234 g/mol. The van der Waals surface area contributed by atoms with E-state index in [-0.39, 0.29) is 0 Å². The predicted molar refractivity (Wildman–Crippen MR) is 70.5 cm³/mol. The normalized spacial score (nSPS) is 24.8. The van der Waals surface area contributed by atoms with E-state index in [4.69, 9.17) is 5.73 Å². The van der Waals surface area contributed by atoms with Crippen LogP contribution in [0.25, 0.3) is 0 Å². The summed E-state index contributed by atoms with van der Waals surface area (Å²) in [5.41, 5.74) is 7.93. The molecule has 94 valence electrons. The Morgan fingerprint density at radius 2 is 2.12 bits per heavy atom. The highest BCUT2D eigenvalue weighted by atomic mass is 16.3. The Morgan fingerprint density at radius 3 is 2.88 bits per heavy atom. The summed E-state index contributed by atoms with van der Waals surface area (Å²) in [6.45, 7) is 1.15. The Labute approximate surface area is 103 Å². The molecule has 17 heavy (non-hydrogen) atoms. The lowest BCUT2D eigenvalue weighted by atomic mass is 9.86. The number of anilines is 1. The molecule has 3 heteroatoms. The van der Waals surface area contributed by atoms with E-state index in [1.165, 1.54) is 24.8 Å². The molecule has 1 fully saturated rings. The Morgan fingerprint density at radius 1 is 1.29 bits per heavy atom. The second kappa shape index (κ2) is 6.03. The number of para-hydroxylation sites is 1. The number of nitrogen functional groups attached to an aromatic ring is 1. The Bertz CT molecular complexity index is 354. The molecule has 2 rings (SSSR count). The van der Waals surface area contributed by atoms with Gasteiger partial charge < -0.3 is 16.2 Å². The number of rotatable bonds is 4. The number of hydrogen-bond acceptors (Lipinski definition) is 3. The van der Waals surface area contributed by atoms with Crippen LogP contribution in [0.15, 0.2) is 24.3 Å². The summed E-state index contributed by atoms with van der Waals surface area (Å²) in [5, 5.41) is 12.7. The molecule has 1 aromatic rings. The first kappa shape index (κ1) is 12.4. The van der Waals surface area contributed by atoms with Crippen LogP contribution in [0.5, 0.6) is 0 Å². The molecular formula is C14H22N2O. The molecule has 0 bridgehead atoms. The van der Waals surface area contributed by atoms with Crippen molar-refractivity contribution in [1.82, 2.24) is 5.32 Å². The smallest absolute Gasteiger partial charge is 0.0459 e.